The van der Waals surface area contributed by atoms with E-state index in [0.717, 1.165) is 41.9 Å². The number of nitrogens with one attached hydrogen (secondary N) is 1. The molecular weight excluding hydrogens is 630 g/mol. The monoisotopic (exact) mass is 664 g/mol. The summed E-state index contributed by atoms with van der Waals surface area (Å²) in [5.74, 6) is -1.94. The van der Waals surface area contributed by atoms with Gasteiger partial charge in [-0.2, -0.15) is 25.3 Å². The number of hydrogen-bond donors (Lipinski definition) is 1. The molecule has 1 N–H and O–H groups in total. The number of carbonyl (C=O) groups excluding carboxylic acids is 1. The molecule has 0 radical (unpaired) electrons. The van der Waals surface area contributed by atoms with Gasteiger partial charge in [0.15, 0.2) is 11.6 Å². The number of ether oxygens (including phenoxy) is 1. The predicted molar refractivity (Wildman–Crippen MR) is 181 cm³/mol. The molecule has 2 saturated heterocycles. The number of nitrogens with zero attached hydrogens (tertiary/aromatic N) is 9. The number of carbonyl (C=O) groups is 1. The van der Waals surface area contributed by atoms with Gasteiger partial charge < -0.3 is 24.3 Å². The summed E-state index contributed by atoms with van der Waals surface area (Å²) in [7, 11) is 2.04. The molecule has 0 saturated carbocycles. The molecule has 2 aliphatic rings. The maximum atomic E-state index is 16.8. The summed E-state index contributed by atoms with van der Waals surface area (Å²) in [5.41, 5.74) is 3.05. The molecule has 0 unspecified atom stereocenters. The second-order valence-corrected chi connectivity index (χ2v) is 12.4. The van der Waals surface area contributed by atoms with E-state index < -0.39 is 23.6 Å². The molecule has 12 nitrogen and oxygen atoms in total. The van der Waals surface area contributed by atoms with Crippen LogP contribution in [0.3, 0.4) is 0 Å². The smallest absolute Gasteiger partial charge is 0.319 e. The summed E-state index contributed by atoms with van der Waals surface area (Å²) < 4.78 is 38.1. The van der Waals surface area contributed by atoms with Gasteiger partial charge in [0.2, 0.25) is 6.54 Å². The van der Waals surface area contributed by atoms with Crippen LogP contribution in [-0.4, -0.2) is 105 Å². The van der Waals surface area contributed by atoms with Crippen LogP contribution in [0.2, 0.25) is 0 Å². The lowest BCUT2D eigenvalue weighted by Crippen LogP contribution is -2.56. The van der Waals surface area contributed by atoms with E-state index >= 15 is 8.78 Å². The zero-order valence-corrected chi connectivity index (χ0v) is 27.1. The van der Waals surface area contributed by atoms with Gasteiger partial charge in [-0.1, -0.05) is 12.1 Å². The first-order valence-corrected chi connectivity index (χ1v) is 16.1. The summed E-state index contributed by atoms with van der Waals surface area (Å²) in [6.07, 6.45) is 6.20. The van der Waals surface area contributed by atoms with Gasteiger partial charge in [-0.15, -0.1) is 0 Å². The van der Waals surface area contributed by atoms with Crippen molar-refractivity contribution in [1.29, 1.82) is 0 Å². The topological polar surface area (TPSA) is 121 Å². The van der Waals surface area contributed by atoms with Gasteiger partial charge in [-0.25, -0.2) is 15.4 Å². The van der Waals surface area contributed by atoms with Crippen molar-refractivity contribution < 1.29 is 18.3 Å². The Balaban J connectivity index is 1.26. The highest BCUT2D eigenvalue weighted by atomic mass is 19.1. The van der Waals surface area contributed by atoms with Crippen LogP contribution in [0.15, 0.2) is 54.6 Å². The van der Waals surface area contributed by atoms with Crippen LogP contribution >= 0.6 is 0 Å². The molecule has 49 heavy (non-hydrogen) atoms. The number of anilines is 1. The molecule has 5 aromatic rings. The van der Waals surface area contributed by atoms with Crippen LogP contribution in [0.25, 0.3) is 43.9 Å². The van der Waals surface area contributed by atoms with E-state index in [2.05, 4.69) is 35.1 Å². The number of amides is 1. The Kier molecular flexibility index (Phi) is 8.83. The number of likely N-dealkylation sites (tertiary alicyclic amines) is 1. The van der Waals surface area contributed by atoms with E-state index in [1.165, 1.54) is 11.1 Å². The molecule has 0 aliphatic carbocycles. The van der Waals surface area contributed by atoms with Crippen LogP contribution in [0.5, 0.6) is 6.01 Å². The van der Waals surface area contributed by atoms with Crippen LogP contribution in [0, 0.1) is 19.3 Å². The van der Waals surface area contributed by atoms with Gasteiger partial charge in [-0.05, 0) is 68.8 Å². The molecule has 2 fully saturated rings. The molecule has 5 heterocycles. The third-order valence-corrected chi connectivity index (χ3v) is 9.36. The van der Waals surface area contributed by atoms with E-state index in [9.17, 15) is 4.79 Å². The molecule has 0 spiro atoms. The van der Waals surface area contributed by atoms with Crippen LogP contribution < -0.4 is 9.64 Å². The SMILES string of the molecule is [C-]#[N+]C[C@H]1CN(c2nc(OC[C@@H]3CCCN3C)nc3c(F)c(-c4c(C)ccc5[nH]ncc45)ccc23)CCN1C(=O)/C(F)=C/c1cccnn1. The Morgan fingerprint density at radius 2 is 2.02 bits per heavy atom. The van der Waals surface area contributed by atoms with Crippen molar-refractivity contribution >= 4 is 39.6 Å². The second-order valence-electron chi connectivity index (χ2n) is 12.4. The van der Waals surface area contributed by atoms with Gasteiger partial charge in [0.05, 0.1) is 17.4 Å². The lowest BCUT2D eigenvalue weighted by Gasteiger charge is -2.39. The maximum Gasteiger partial charge on any atom is 0.319 e. The van der Waals surface area contributed by atoms with E-state index in [1.807, 2.05) is 31.0 Å². The molecule has 0 bridgehead atoms. The zero-order chi connectivity index (χ0) is 34.1. The summed E-state index contributed by atoms with van der Waals surface area (Å²) in [6.45, 7) is 11.3. The van der Waals surface area contributed by atoms with Gasteiger partial charge >= 0.3 is 6.01 Å². The average molecular weight is 665 g/mol. The van der Waals surface area contributed by atoms with Gasteiger partial charge in [0, 0.05) is 54.3 Å². The number of halogens is 2. The highest BCUT2D eigenvalue weighted by Crippen LogP contribution is 2.38. The quantitative estimate of drug-likeness (QED) is 0.184. The number of aromatic amines is 1. The van der Waals surface area contributed by atoms with Crippen molar-refractivity contribution in [3.8, 4) is 17.1 Å². The number of aryl methyl sites for hydroxylation is 1. The molecule has 250 valence electrons. The Morgan fingerprint density at radius 1 is 1.14 bits per heavy atom. The number of H-pyrrole nitrogens is 1. The first-order chi connectivity index (χ1) is 23.8. The number of fused-ring (bicyclic) bond motifs is 2. The minimum Gasteiger partial charge on any atom is -0.462 e. The van der Waals surface area contributed by atoms with Crippen LogP contribution in [-0.2, 0) is 4.79 Å². The molecule has 2 aromatic carbocycles. The van der Waals surface area contributed by atoms with Crippen molar-refractivity contribution in [2.45, 2.75) is 31.8 Å². The Hall–Kier alpha value is -5.55. The summed E-state index contributed by atoms with van der Waals surface area (Å²) in [4.78, 5) is 31.7. The van der Waals surface area contributed by atoms with Crippen molar-refractivity contribution in [1.82, 2.24) is 40.2 Å². The fourth-order valence-electron chi connectivity index (χ4n) is 6.76. The first kappa shape index (κ1) is 32.0. The average Bonchev–Trinajstić information content (AvgIpc) is 3.76. The predicted octanol–water partition coefficient (Wildman–Crippen LogP) is 4.83. The standard InChI is InChI=1S/C35H34F2N10O2/c1-21-8-11-29-27(18-40-44-29)30(21)25-9-10-26-32(31(25)37)41-35(49-20-23-7-5-13-45(23)3)42-33(26)46-14-15-47(24(19-46)17-38-2)34(48)28(36)16-22-6-4-12-39-43-22/h4,6,8-12,16,18,23-24H,5,7,13-15,17,19-20H2,1,3H3,(H,40,44)/b28-16-/t23-,24-/m0/s1. The molecule has 14 heteroatoms. The third kappa shape index (κ3) is 6.25. The van der Waals surface area contributed by atoms with E-state index in [1.54, 1.807) is 30.5 Å². The number of piperazine rings is 1. The lowest BCUT2D eigenvalue weighted by atomic mass is 9.95. The summed E-state index contributed by atoms with van der Waals surface area (Å²) in [5, 5.41) is 15.9. The highest BCUT2D eigenvalue weighted by Gasteiger charge is 2.36. The van der Waals surface area contributed by atoms with Gasteiger partial charge in [0.1, 0.15) is 24.0 Å². The van der Waals surface area contributed by atoms with Crippen molar-refractivity contribution in [3.05, 3.63) is 83.1 Å². The minimum absolute atomic E-state index is 0.0373. The van der Waals surface area contributed by atoms with Crippen LogP contribution in [0.4, 0.5) is 14.6 Å². The first-order valence-electron chi connectivity index (χ1n) is 16.1. The van der Waals surface area contributed by atoms with Gasteiger partial charge in [-0.3, -0.25) is 9.89 Å². The summed E-state index contributed by atoms with van der Waals surface area (Å²) >= 11 is 0. The largest absolute Gasteiger partial charge is 0.462 e. The number of likely N-dealkylation sites (N-methyl/N-ethyl adjacent to an activating group) is 1. The van der Waals surface area contributed by atoms with E-state index in [4.69, 9.17) is 16.3 Å². The van der Waals surface area contributed by atoms with Gasteiger partial charge in [0.25, 0.3) is 5.91 Å². The normalized spacial score (nSPS) is 18.7. The highest BCUT2D eigenvalue weighted by molar-refractivity contribution is 6.00. The number of hydrogen-bond acceptors (Lipinski definition) is 9. The second kappa shape index (κ2) is 13.5. The maximum absolute atomic E-state index is 16.8. The molecule has 2 aliphatic heterocycles. The Morgan fingerprint density at radius 3 is 2.80 bits per heavy atom. The summed E-state index contributed by atoms with van der Waals surface area (Å²) in [6, 6.07) is 10.0. The Bertz CT molecular complexity index is 2100. The Labute approximate surface area is 281 Å². The molecule has 3 aromatic heterocycles. The van der Waals surface area contributed by atoms with Crippen molar-refractivity contribution in [2.75, 3.05) is 51.3 Å². The van der Waals surface area contributed by atoms with Crippen LogP contribution in [0.1, 0.15) is 24.1 Å². The molecule has 2 atom stereocenters. The lowest BCUT2D eigenvalue weighted by molar-refractivity contribution is -0.130. The van der Waals surface area contributed by atoms with E-state index in [-0.39, 0.29) is 49.4 Å². The van der Waals surface area contributed by atoms with Crippen molar-refractivity contribution in [3.63, 3.8) is 0 Å². The van der Waals surface area contributed by atoms with E-state index in [0.29, 0.717) is 28.9 Å². The molecule has 1 amide bonds. The number of aromatic nitrogens is 6. The molecular formula is C35H34F2N10O2. The zero-order valence-electron chi connectivity index (χ0n) is 27.1. The third-order valence-electron chi connectivity index (χ3n) is 9.36. The number of benzene rings is 2. The van der Waals surface area contributed by atoms with Crippen molar-refractivity contribution in [2.24, 2.45) is 0 Å². The number of rotatable bonds is 8. The fraction of sp³-hybridized carbons (Fsp3) is 0.343. The molecule has 7 rings (SSSR count). The minimum atomic E-state index is -0.999. The fourth-order valence-corrected chi connectivity index (χ4v) is 6.76.